The molecule has 0 aromatic heterocycles. The average Bonchev–Trinajstić information content (AvgIpc) is 2.63. The zero-order chi connectivity index (χ0) is 13.2. The Hall–Kier alpha value is -0.850. The maximum absolute atomic E-state index is 12.8. The van der Waals surface area contributed by atoms with Gasteiger partial charge in [-0.15, -0.1) is 0 Å². The van der Waals surface area contributed by atoms with Crippen molar-refractivity contribution >= 4 is 5.91 Å². The molecule has 1 aliphatic rings. The molecule has 7 heteroatoms. The van der Waals surface area contributed by atoms with Gasteiger partial charge in [0.1, 0.15) is 0 Å². The molecular formula is C10H16F4N2O. The Labute approximate surface area is 97.4 Å². The first-order valence-corrected chi connectivity index (χ1v) is 5.38. The van der Waals surface area contributed by atoms with Crippen molar-refractivity contribution in [2.24, 2.45) is 0 Å². The van der Waals surface area contributed by atoms with E-state index in [0.717, 1.165) is 26.4 Å². The van der Waals surface area contributed by atoms with Gasteiger partial charge in [0.05, 0.1) is 0 Å². The number of amides is 1. The smallest absolute Gasteiger partial charge is 0.339 e. The Morgan fingerprint density at radius 3 is 2.53 bits per heavy atom. The van der Waals surface area contributed by atoms with Gasteiger partial charge in [0.2, 0.25) is 0 Å². The zero-order valence-electron chi connectivity index (χ0n) is 9.80. The minimum Gasteiger partial charge on any atom is -0.339 e. The maximum atomic E-state index is 12.8. The first-order chi connectivity index (χ1) is 7.76. The summed E-state index contributed by atoms with van der Waals surface area (Å²) in [6.45, 7) is 0.885. The summed E-state index contributed by atoms with van der Waals surface area (Å²) in [6, 6.07) is -0.0302. The quantitative estimate of drug-likeness (QED) is 0.711. The normalized spacial score (nSPS) is 22.2. The van der Waals surface area contributed by atoms with Gasteiger partial charge in [0.25, 0.3) is 5.91 Å². The highest BCUT2D eigenvalue weighted by Gasteiger charge is 2.50. The van der Waals surface area contributed by atoms with Crippen molar-refractivity contribution in [3.63, 3.8) is 0 Å². The summed E-state index contributed by atoms with van der Waals surface area (Å²) in [6.07, 6.45) is -2.25. The number of likely N-dealkylation sites (tertiary alicyclic amines) is 1. The highest BCUT2D eigenvalue weighted by Crippen LogP contribution is 2.25. The molecule has 1 unspecified atom stereocenters. The third-order valence-electron chi connectivity index (χ3n) is 3.06. The fraction of sp³-hybridized carbons (Fsp3) is 0.900. The molecule has 100 valence electrons. The Balaban J connectivity index is 2.58. The Kier molecular flexibility index (Phi) is 4.35. The SMILES string of the molecule is CN(CC1CCCN1C)C(=O)C(F)(F)C(F)F. The summed E-state index contributed by atoms with van der Waals surface area (Å²) in [4.78, 5) is 13.8. The molecule has 0 bridgehead atoms. The van der Waals surface area contributed by atoms with E-state index in [1.165, 1.54) is 0 Å². The van der Waals surface area contributed by atoms with Gasteiger partial charge in [0.15, 0.2) is 0 Å². The van der Waals surface area contributed by atoms with Gasteiger partial charge in [-0.25, -0.2) is 8.78 Å². The number of alkyl halides is 4. The maximum Gasteiger partial charge on any atom is 0.383 e. The predicted molar refractivity (Wildman–Crippen MR) is 54.2 cm³/mol. The molecule has 0 saturated carbocycles. The van der Waals surface area contributed by atoms with Crippen LogP contribution in [0.25, 0.3) is 0 Å². The van der Waals surface area contributed by atoms with E-state index in [9.17, 15) is 22.4 Å². The minimum absolute atomic E-state index is 0.0302. The fourth-order valence-corrected chi connectivity index (χ4v) is 1.96. The standard InChI is InChI=1S/C10H16F4N2O/c1-15-5-3-4-7(15)6-16(2)9(17)10(13,14)8(11)12/h7-8H,3-6H2,1-2H3. The second kappa shape index (κ2) is 5.20. The van der Waals surface area contributed by atoms with Gasteiger partial charge < -0.3 is 9.80 Å². The molecule has 1 saturated heterocycles. The molecule has 1 atom stereocenters. The van der Waals surface area contributed by atoms with Crippen molar-refractivity contribution in [2.75, 3.05) is 27.2 Å². The van der Waals surface area contributed by atoms with Crippen molar-refractivity contribution < 1.29 is 22.4 Å². The van der Waals surface area contributed by atoms with E-state index in [-0.39, 0.29) is 12.6 Å². The number of hydrogen-bond acceptors (Lipinski definition) is 2. The monoisotopic (exact) mass is 256 g/mol. The van der Waals surface area contributed by atoms with E-state index in [0.29, 0.717) is 4.90 Å². The summed E-state index contributed by atoms with van der Waals surface area (Å²) in [5.74, 6) is -6.40. The molecule has 1 heterocycles. The summed E-state index contributed by atoms with van der Waals surface area (Å²) in [7, 11) is 2.95. The summed E-state index contributed by atoms with van der Waals surface area (Å²) in [5, 5.41) is 0. The second-order valence-electron chi connectivity index (χ2n) is 4.39. The van der Waals surface area contributed by atoms with Crippen molar-refractivity contribution in [2.45, 2.75) is 31.2 Å². The molecule has 1 amide bonds. The van der Waals surface area contributed by atoms with E-state index in [2.05, 4.69) is 0 Å². The molecule has 0 aliphatic carbocycles. The van der Waals surface area contributed by atoms with Crippen LogP contribution in [-0.2, 0) is 4.79 Å². The molecule has 1 rings (SSSR count). The lowest BCUT2D eigenvalue weighted by Crippen LogP contribution is -2.49. The van der Waals surface area contributed by atoms with Crippen LogP contribution in [0, 0.1) is 0 Å². The van der Waals surface area contributed by atoms with Crippen LogP contribution in [0.2, 0.25) is 0 Å². The Morgan fingerprint density at radius 1 is 1.53 bits per heavy atom. The van der Waals surface area contributed by atoms with Crippen LogP contribution in [0.15, 0.2) is 0 Å². The third-order valence-corrected chi connectivity index (χ3v) is 3.06. The minimum atomic E-state index is -4.59. The molecule has 0 N–H and O–H groups in total. The lowest BCUT2D eigenvalue weighted by molar-refractivity contribution is -0.179. The Morgan fingerprint density at radius 2 is 2.12 bits per heavy atom. The average molecular weight is 256 g/mol. The Bertz CT molecular complexity index is 285. The topological polar surface area (TPSA) is 23.6 Å². The van der Waals surface area contributed by atoms with Crippen molar-refractivity contribution in [1.82, 2.24) is 9.80 Å². The first-order valence-electron chi connectivity index (χ1n) is 5.38. The van der Waals surface area contributed by atoms with E-state index in [1.54, 1.807) is 0 Å². The molecule has 3 nitrogen and oxygen atoms in total. The van der Waals surface area contributed by atoms with Crippen LogP contribution in [0.3, 0.4) is 0 Å². The van der Waals surface area contributed by atoms with Crippen molar-refractivity contribution in [1.29, 1.82) is 0 Å². The predicted octanol–water partition coefficient (Wildman–Crippen LogP) is 1.44. The highest BCUT2D eigenvalue weighted by molar-refractivity contribution is 5.83. The number of carbonyl (C=O) groups excluding carboxylic acids is 1. The fourth-order valence-electron chi connectivity index (χ4n) is 1.96. The molecule has 1 fully saturated rings. The van der Waals surface area contributed by atoms with Crippen LogP contribution in [-0.4, -0.2) is 61.3 Å². The number of hydrogen-bond donors (Lipinski definition) is 0. The summed E-state index contributed by atoms with van der Waals surface area (Å²) >= 11 is 0. The largest absolute Gasteiger partial charge is 0.383 e. The highest BCUT2D eigenvalue weighted by atomic mass is 19.3. The van der Waals surface area contributed by atoms with E-state index in [1.807, 2.05) is 11.9 Å². The first kappa shape index (κ1) is 14.2. The van der Waals surface area contributed by atoms with E-state index >= 15 is 0 Å². The van der Waals surface area contributed by atoms with Crippen molar-refractivity contribution in [3.05, 3.63) is 0 Å². The number of likely N-dealkylation sites (N-methyl/N-ethyl adjacent to an activating group) is 2. The number of nitrogens with zero attached hydrogens (tertiary/aromatic N) is 2. The van der Waals surface area contributed by atoms with Gasteiger partial charge in [0, 0.05) is 19.6 Å². The summed E-state index contributed by atoms with van der Waals surface area (Å²) in [5.41, 5.74) is 0. The van der Waals surface area contributed by atoms with Gasteiger partial charge in [-0.3, -0.25) is 4.79 Å². The molecule has 17 heavy (non-hydrogen) atoms. The molecule has 1 aliphatic heterocycles. The van der Waals surface area contributed by atoms with Gasteiger partial charge in [-0.2, -0.15) is 8.78 Å². The van der Waals surface area contributed by atoms with E-state index in [4.69, 9.17) is 0 Å². The lowest BCUT2D eigenvalue weighted by atomic mass is 10.2. The van der Waals surface area contributed by atoms with Crippen LogP contribution in [0.1, 0.15) is 12.8 Å². The molecule has 0 aromatic carbocycles. The third kappa shape index (κ3) is 3.08. The number of halogens is 4. The molecule has 0 spiro atoms. The molecular weight excluding hydrogens is 240 g/mol. The van der Waals surface area contributed by atoms with Gasteiger partial charge in [-0.05, 0) is 26.4 Å². The molecule has 0 aromatic rings. The number of rotatable bonds is 4. The van der Waals surface area contributed by atoms with Gasteiger partial charge in [-0.1, -0.05) is 0 Å². The van der Waals surface area contributed by atoms with Gasteiger partial charge >= 0.3 is 12.3 Å². The van der Waals surface area contributed by atoms with Crippen LogP contribution in [0.4, 0.5) is 17.6 Å². The molecule has 0 radical (unpaired) electrons. The van der Waals surface area contributed by atoms with Crippen LogP contribution >= 0.6 is 0 Å². The number of carbonyl (C=O) groups is 1. The second-order valence-corrected chi connectivity index (χ2v) is 4.39. The lowest BCUT2D eigenvalue weighted by Gasteiger charge is -2.28. The van der Waals surface area contributed by atoms with E-state index < -0.39 is 18.3 Å². The van der Waals surface area contributed by atoms with Crippen LogP contribution < -0.4 is 0 Å². The zero-order valence-corrected chi connectivity index (χ0v) is 9.80. The van der Waals surface area contributed by atoms with Crippen LogP contribution in [0.5, 0.6) is 0 Å². The van der Waals surface area contributed by atoms with Crippen molar-refractivity contribution in [3.8, 4) is 0 Å². The summed E-state index contributed by atoms with van der Waals surface area (Å²) < 4.78 is 49.6.